The molecule has 0 spiro atoms. The van der Waals surface area contributed by atoms with Crippen molar-refractivity contribution in [1.82, 2.24) is 0 Å². The molecule has 7 nitrogen and oxygen atoms in total. The lowest BCUT2D eigenvalue weighted by Gasteiger charge is -2.17. The molecule has 2 amide bonds. The highest BCUT2D eigenvalue weighted by molar-refractivity contribution is 6.03. The molecule has 28 heavy (non-hydrogen) atoms. The molecular formula is C21H22N2O5. The van der Waals surface area contributed by atoms with Gasteiger partial charge in [-0.15, -0.1) is 0 Å². The number of nitrogens with zero attached hydrogens (tertiary/aromatic N) is 1. The number of rotatable bonds is 5. The minimum atomic E-state index is -0.412. The van der Waals surface area contributed by atoms with Gasteiger partial charge in [-0.2, -0.15) is 0 Å². The summed E-state index contributed by atoms with van der Waals surface area (Å²) in [5, 5.41) is 2.88. The van der Waals surface area contributed by atoms with Gasteiger partial charge in [0.25, 0.3) is 0 Å². The summed E-state index contributed by atoms with van der Waals surface area (Å²) >= 11 is 0. The van der Waals surface area contributed by atoms with Crippen LogP contribution in [-0.4, -0.2) is 31.3 Å². The van der Waals surface area contributed by atoms with E-state index in [1.807, 2.05) is 26.0 Å². The second-order valence-corrected chi connectivity index (χ2v) is 7.12. The number of hydrogen-bond donors (Lipinski definition) is 1. The average molecular weight is 382 g/mol. The molecule has 2 heterocycles. The maximum atomic E-state index is 12.6. The van der Waals surface area contributed by atoms with Gasteiger partial charge in [0, 0.05) is 30.4 Å². The molecule has 7 heteroatoms. The molecule has 1 unspecified atom stereocenters. The Morgan fingerprint density at radius 3 is 2.64 bits per heavy atom. The predicted molar refractivity (Wildman–Crippen MR) is 104 cm³/mol. The quantitative estimate of drug-likeness (QED) is 0.859. The van der Waals surface area contributed by atoms with Crippen LogP contribution in [0.25, 0.3) is 0 Å². The van der Waals surface area contributed by atoms with Crippen molar-refractivity contribution in [3.63, 3.8) is 0 Å². The van der Waals surface area contributed by atoms with Crippen molar-refractivity contribution in [2.45, 2.75) is 26.4 Å². The van der Waals surface area contributed by atoms with E-state index < -0.39 is 5.92 Å². The average Bonchev–Trinajstić information content (AvgIpc) is 3.28. The first-order valence-corrected chi connectivity index (χ1v) is 9.27. The molecule has 2 aromatic rings. The third kappa shape index (κ3) is 3.74. The molecule has 0 saturated carbocycles. The van der Waals surface area contributed by atoms with Crippen LogP contribution in [-0.2, 0) is 9.59 Å². The van der Waals surface area contributed by atoms with E-state index in [-0.39, 0.29) is 31.1 Å². The molecule has 0 bridgehead atoms. The van der Waals surface area contributed by atoms with Crippen molar-refractivity contribution in [2.24, 2.45) is 5.92 Å². The van der Waals surface area contributed by atoms with Crippen LogP contribution in [0.2, 0.25) is 0 Å². The third-order valence-corrected chi connectivity index (χ3v) is 4.66. The number of benzene rings is 2. The summed E-state index contributed by atoms with van der Waals surface area (Å²) in [6, 6.07) is 12.6. The van der Waals surface area contributed by atoms with Crippen LogP contribution in [0.4, 0.5) is 11.4 Å². The van der Waals surface area contributed by atoms with Gasteiger partial charge in [0.15, 0.2) is 11.5 Å². The highest BCUT2D eigenvalue weighted by Gasteiger charge is 2.35. The Balaban J connectivity index is 1.40. The van der Waals surface area contributed by atoms with Crippen LogP contribution in [0, 0.1) is 5.92 Å². The maximum Gasteiger partial charge on any atom is 0.231 e. The molecule has 0 aromatic heterocycles. The molecule has 1 N–H and O–H groups in total. The van der Waals surface area contributed by atoms with Crippen molar-refractivity contribution >= 4 is 23.2 Å². The second kappa shape index (κ2) is 7.42. The molecule has 0 radical (unpaired) electrons. The Morgan fingerprint density at radius 1 is 1.14 bits per heavy atom. The topological polar surface area (TPSA) is 77.1 Å². The first kappa shape index (κ1) is 18.2. The van der Waals surface area contributed by atoms with E-state index in [0.29, 0.717) is 29.4 Å². The van der Waals surface area contributed by atoms with Crippen molar-refractivity contribution < 1.29 is 23.8 Å². The van der Waals surface area contributed by atoms with Crippen molar-refractivity contribution in [3.05, 3.63) is 42.5 Å². The summed E-state index contributed by atoms with van der Waals surface area (Å²) in [7, 11) is 0. The molecule has 2 aliphatic rings. The van der Waals surface area contributed by atoms with Crippen LogP contribution >= 0.6 is 0 Å². The summed E-state index contributed by atoms with van der Waals surface area (Å²) in [5.74, 6) is 1.35. The monoisotopic (exact) mass is 382 g/mol. The minimum Gasteiger partial charge on any atom is -0.491 e. The molecule has 146 valence electrons. The zero-order valence-corrected chi connectivity index (χ0v) is 15.8. The van der Waals surface area contributed by atoms with Crippen molar-refractivity contribution in [1.29, 1.82) is 0 Å². The largest absolute Gasteiger partial charge is 0.491 e. The van der Waals surface area contributed by atoms with Gasteiger partial charge in [-0.05, 0) is 50.2 Å². The molecule has 4 rings (SSSR count). The minimum absolute atomic E-state index is 0.0836. The van der Waals surface area contributed by atoms with Crippen molar-refractivity contribution in [2.75, 3.05) is 23.6 Å². The predicted octanol–water partition coefficient (Wildman–Crippen LogP) is 3.19. The summed E-state index contributed by atoms with van der Waals surface area (Å²) < 4.78 is 16.3. The Kier molecular flexibility index (Phi) is 4.81. The van der Waals surface area contributed by atoms with Gasteiger partial charge in [0.2, 0.25) is 18.6 Å². The Morgan fingerprint density at radius 2 is 1.89 bits per heavy atom. The van der Waals surface area contributed by atoms with Gasteiger partial charge in [-0.25, -0.2) is 0 Å². The molecule has 1 atom stereocenters. The molecule has 1 saturated heterocycles. The van der Waals surface area contributed by atoms with Gasteiger partial charge in [-0.1, -0.05) is 0 Å². The fraction of sp³-hybridized carbons (Fsp3) is 0.333. The Hall–Kier alpha value is -3.22. The van der Waals surface area contributed by atoms with Gasteiger partial charge in [0.05, 0.1) is 12.0 Å². The zero-order chi connectivity index (χ0) is 19.7. The summed E-state index contributed by atoms with van der Waals surface area (Å²) in [6.45, 7) is 4.43. The van der Waals surface area contributed by atoms with E-state index in [9.17, 15) is 9.59 Å². The van der Waals surface area contributed by atoms with Gasteiger partial charge < -0.3 is 24.4 Å². The van der Waals surface area contributed by atoms with E-state index >= 15 is 0 Å². The summed E-state index contributed by atoms with van der Waals surface area (Å²) in [6.07, 6.45) is 0.265. The lowest BCUT2D eigenvalue weighted by molar-refractivity contribution is -0.122. The lowest BCUT2D eigenvalue weighted by atomic mass is 10.1. The molecule has 2 aliphatic heterocycles. The number of anilines is 2. The fourth-order valence-corrected chi connectivity index (χ4v) is 3.32. The molecule has 0 aliphatic carbocycles. The van der Waals surface area contributed by atoms with E-state index in [0.717, 1.165) is 5.75 Å². The van der Waals surface area contributed by atoms with E-state index in [1.165, 1.54) is 0 Å². The zero-order valence-electron chi connectivity index (χ0n) is 15.8. The summed E-state index contributed by atoms with van der Waals surface area (Å²) in [4.78, 5) is 26.7. The Bertz CT molecular complexity index is 894. The number of amides is 2. The number of fused-ring (bicyclic) bond motifs is 1. The van der Waals surface area contributed by atoms with Gasteiger partial charge >= 0.3 is 0 Å². The van der Waals surface area contributed by atoms with Crippen LogP contribution < -0.4 is 24.4 Å². The van der Waals surface area contributed by atoms with Crippen LogP contribution in [0.1, 0.15) is 20.3 Å². The number of nitrogens with one attached hydrogen (secondary N) is 1. The van der Waals surface area contributed by atoms with E-state index in [1.54, 1.807) is 35.2 Å². The highest BCUT2D eigenvalue weighted by atomic mass is 16.7. The fourth-order valence-electron chi connectivity index (χ4n) is 3.32. The summed E-state index contributed by atoms with van der Waals surface area (Å²) in [5.41, 5.74) is 1.38. The highest BCUT2D eigenvalue weighted by Crippen LogP contribution is 2.37. The number of carbonyl (C=O) groups excluding carboxylic acids is 2. The van der Waals surface area contributed by atoms with Gasteiger partial charge in [0.1, 0.15) is 5.75 Å². The van der Waals surface area contributed by atoms with Crippen molar-refractivity contribution in [3.8, 4) is 17.2 Å². The van der Waals surface area contributed by atoms with Crippen LogP contribution in [0.5, 0.6) is 17.2 Å². The molecule has 1 fully saturated rings. The van der Waals surface area contributed by atoms with Gasteiger partial charge in [-0.3, -0.25) is 9.59 Å². The number of ether oxygens (including phenoxy) is 3. The normalized spacial score (nSPS) is 17.9. The number of carbonyl (C=O) groups is 2. The SMILES string of the molecule is CC(C)Oc1ccc(NC(=O)C2CC(=O)N(c3ccc4c(c3)OCO4)C2)cc1. The second-order valence-electron chi connectivity index (χ2n) is 7.12. The molecular weight excluding hydrogens is 360 g/mol. The Labute approximate surface area is 163 Å². The first-order chi connectivity index (χ1) is 13.5. The molecule has 2 aromatic carbocycles. The maximum absolute atomic E-state index is 12.6. The van der Waals surface area contributed by atoms with Crippen LogP contribution in [0.3, 0.4) is 0 Å². The third-order valence-electron chi connectivity index (χ3n) is 4.66. The van der Waals surface area contributed by atoms with Crippen LogP contribution in [0.15, 0.2) is 42.5 Å². The van der Waals surface area contributed by atoms with E-state index in [2.05, 4.69) is 5.32 Å². The first-order valence-electron chi connectivity index (χ1n) is 9.27. The smallest absolute Gasteiger partial charge is 0.231 e. The lowest BCUT2D eigenvalue weighted by Crippen LogP contribution is -2.28. The number of hydrogen-bond acceptors (Lipinski definition) is 5. The van der Waals surface area contributed by atoms with E-state index in [4.69, 9.17) is 14.2 Å². The standard InChI is InChI=1S/C21H22N2O5/c1-13(2)28-17-6-3-15(4-7-17)22-21(25)14-9-20(24)23(11-14)16-5-8-18-19(10-16)27-12-26-18/h3-8,10,13-14H,9,11-12H2,1-2H3,(H,22,25).